The van der Waals surface area contributed by atoms with Gasteiger partial charge in [-0.2, -0.15) is 0 Å². The average Bonchev–Trinajstić information content (AvgIpc) is 3.00. The Balaban J connectivity index is 2.15. The summed E-state index contributed by atoms with van der Waals surface area (Å²) in [6, 6.07) is 9.47. The van der Waals surface area contributed by atoms with Crippen LogP contribution < -0.4 is 5.73 Å². The van der Waals surface area contributed by atoms with Crippen molar-refractivity contribution in [1.29, 1.82) is 0 Å². The molecule has 0 aliphatic heterocycles. The Morgan fingerprint density at radius 1 is 1.22 bits per heavy atom. The van der Waals surface area contributed by atoms with E-state index in [1.54, 1.807) is 24.3 Å². The van der Waals surface area contributed by atoms with E-state index in [1.165, 1.54) is 30.1 Å². The van der Waals surface area contributed by atoms with E-state index in [-0.39, 0.29) is 11.5 Å². The second-order valence-electron chi connectivity index (χ2n) is 4.77. The number of nitrogens with one attached hydrogen (secondary N) is 1. The minimum atomic E-state index is -0.601. The highest BCUT2D eigenvalue weighted by atomic mass is 32.2. The molecule has 0 radical (unpaired) electrons. The molecule has 1 aromatic carbocycles. The van der Waals surface area contributed by atoms with Gasteiger partial charge >= 0.3 is 0 Å². The molecule has 2 heterocycles. The number of nitrogens with two attached hydrogens (primary N) is 1. The lowest BCUT2D eigenvalue weighted by atomic mass is 10.1. The Hall–Kier alpha value is -2.67. The quantitative estimate of drug-likeness (QED) is 0.721. The third-order valence-electron chi connectivity index (χ3n) is 3.29. The minimum Gasteiger partial charge on any atom is -0.364 e. The molecule has 0 fully saturated rings. The molecule has 3 rings (SSSR count). The van der Waals surface area contributed by atoms with Crippen LogP contribution in [0.1, 0.15) is 10.5 Å². The number of hydrogen-bond donors (Lipinski definition) is 2. The van der Waals surface area contributed by atoms with E-state index < -0.39 is 5.91 Å². The van der Waals surface area contributed by atoms with E-state index >= 15 is 0 Å². The first-order valence-electron chi connectivity index (χ1n) is 6.74. The molecule has 0 spiro atoms. The molecule has 0 atom stereocenters. The van der Waals surface area contributed by atoms with Gasteiger partial charge < -0.3 is 10.7 Å². The maximum Gasteiger partial charge on any atom is 0.267 e. The number of hydrogen-bond acceptors (Lipinski definition) is 4. The molecule has 0 saturated heterocycles. The van der Waals surface area contributed by atoms with Crippen molar-refractivity contribution in [3.05, 3.63) is 54.1 Å². The molecule has 0 aliphatic carbocycles. The minimum absolute atomic E-state index is 0.168. The second kappa shape index (κ2) is 6.21. The van der Waals surface area contributed by atoms with E-state index in [2.05, 4.69) is 15.0 Å². The Morgan fingerprint density at radius 2 is 1.96 bits per heavy atom. The van der Waals surface area contributed by atoms with Gasteiger partial charge in [0.05, 0.1) is 11.4 Å². The fraction of sp³-hybridized carbons (Fsp3) is 0.0625. The van der Waals surface area contributed by atoms with Gasteiger partial charge in [0, 0.05) is 17.3 Å². The summed E-state index contributed by atoms with van der Waals surface area (Å²) in [7, 11) is 0. The first-order chi connectivity index (χ1) is 11.1. The number of halogens is 1. The van der Waals surface area contributed by atoms with Gasteiger partial charge in [-0.25, -0.2) is 9.37 Å². The molecule has 0 unspecified atom stereocenters. The molecule has 2 aromatic heterocycles. The third-order valence-corrected chi connectivity index (χ3v) is 3.87. The van der Waals surface area contributed by atoms with Crippen LogP contribution in [-0.2, 0) is 0 Å². The topological polar surface area (TPSA) is 84.7 Å². The summed E-state index contributed by atoms with van der Waals surface area (Å²) < 4.78 is 13.1. The standard InChI is InChI=1S/C16H13FN4OS/c1-23-16-20-13(9-2-4-11(17)5-3-9)14(21-16)10-6-7-19-12(8-10)15(18)22/h2-8H,1H3,(H2,18,22)(H,20,21). The number of primary amides is 1. The van der Waals surface area contributed by atoms with Gasteiger partial charge in [-0.3, -0.25) is 9.78 Å². The van der Waals surface area contributed by atoms with E-state index in [4.69, 9.17) is 5.73 Å². The number of carbonyl (C=O) groups is 1. The highest BCUT2D eigenvalue weighted by Crippen LogP contribution is 2.32. The number of imidazole rings is 1. The Labute approximate surface area is 136 Å². The molecule has 3 aromatic rings. The van der Waals surface area contributed by atoms with Gasteiger partial charge in [-0.05, 0) is 42.7 Å². The van der Waals surface area contributed by atoms with Crippen molar-refractivity contribution >= 4 is 17.7 Å². The number of aromatic amines is 1. The summed E-state index contributed by atoms with van der Waals surface area (Å²) in [6.45, 7) is 0. The van der Waals surface area contributed by atoms with E-state index in [0.29, 0.717) is 11.3 Å². The van der Waals surface area contributed by atoms with Crippen LogP contribution in [0, 0.1) is 5.82 Å². The maximum atomic E-state index is 13.1. The number of benzene rings is 1. The van der Waals surface area contributed by atoms with Crippen molar-refractivity contribution in [2.24, 2.45) is 5.73 Å². The molecule has 23 heavy (non-hydrogen) atoms. The molecule has 0 aliphatic rings. The number of pyridine rings is 1. The lowest BCUT2D eigenvalue weighted by Gasteiger charge is -2.04. The van der Waals surface area contributed by atoms with Crippen LogP contribution in [0.15, 0.2) is 47.8 Å². The first kappa shape index (κ1) is 15.2. The van der Waals surface area contributed by atoms with Crippen LogP contribution in [0.4, 0.5) is 4.39 Å². The summed E-state index contributed by atoms with van der Waals surface area (Å²) in [5, 5.41) is 0.719. The normalized spacial score (nSPS) is 10.7. The summed E-state index contributed by atoms with van der Waals surface area (Å²) in [5.41, 5.74) is 8.37. The summed E-state index contributed by atoms with van der Waals surface area (Å²) in [4.78, 5) is 23.0. The zero-order chi connectivity index (χ0) is 16.4. The fourth-order valence-electron chi connectivity index (χ4n) is 2.20. The van der Waals surface area contributed by atoms with Crippen molar-refractivity contribution < 1.29 is 9.18 Å². The number of carbonyl (C=O) groups excluding carboxylic acids is 1. The average molecular weight is 328 g/mol. The van der Waals surface area contributed by atoms with Gasteiger partial charge in [0.15, 0.2) is 5.16 Å². The lowest BCUT2D eigenvalue weighted by Crippen LogP contribution is -2.12. The van der Waals surface area contributed by atoms with Crippen LogP contribution in [0.5, 0.6) is 0 Å². The Bertz CT molecular complexity index is 861. The van der Waals surface area contributed by atoms with Crippen LogP contribution >= 0.6 is 11.8 Å². The summed E-state index contributed by atoms with van der Waals surface area (Å²) >= 11 is 1.46. The third kappa shape index (κ3) is 3.09. The zero-order valence-corrected chi connectivity index (χ0v) is 13.0. The highest BCUT2D eigenvalue weighted by Gasteiger charge is 2.15. The van der Waals surface area contributed by atoms with Crippen LogP contribution in [0.3, 0.4) is 0 Å². The molecule has 0 bridgehead atoms. The molecule has 5 nitrogen and oxygen atoms in total. The monoisotopic (exact) mass is 328 g/mol. The van der Waals surface area contributed by atoms with Gasteiger partial charge in [-0.15, -0.1) is 0 Å². The number of nitrogens with zero attached hydrogens (tertiary/aromatic N) is 2. The number of amides is 1. The van der Waals surface area contributed by atoms with Crippen molar-refractivity contribution in [2.75, 3.05) is 6.26 Å². The van der Waals surface area contributed by atoms with Crippen molar-refractivity contribution in [1.82, 2.24) is 15.0 Å². The van der Waals surface area contributed by atoms with Gasteiger partial charge in [0.1, 0.15) is 11.5 Å². The molecular formula is C16H13FN4OS. The predicted octanol–water partition coefficient (Wildman–Crippen LogP) is 3.10. The Kier molecular flexibility index (Phi) is 4.12. The van der Waals surface area contributed by atoms with E-state index in [9.17, 15) is 9.18 Å². The van der Waals surface area contributed by atoms with Gasteiger partial charge in [0.2, 0.25) is 0 Å². The van der Waals surface area contributed by atoms with Crippen molar-refractivity contribution in [2.45, 2.75) is 5.16 Å². The van der Waals surface area contributed by atoms with E-state index in [0.717, 1.165) is 16.4 Å². The number of aromatic nitrogens is 3. The fourth-order valence-corrected chi connectivity index (χ4v) is 2.58. The molecule has 3 N–H and O–H groups in total. The highest BCUT2D eigenvalue weighted by molar-refractivity contribution is 7.98. The smallest absolute Gasteiger partial charge is 0.267 e. The molecule has 116 valence electrons. The Morgan fingerprint density at radius 3 is 2.61 bits per heavy atom. The van der Waals surface area contributed by atoms with Crippen LogP contribution in [0.2, 0.25) is 0 Å². The van der Waals surface area contributed by atoms with Gasteiger partial charge in [0.25, 0.3) is 5.91 Å². The van der Waals surface area contributed by atoms with Crippen LogP contribution in [-0.4, -0.2) is 27.1 Å². The zero-order valence-electron chi connectivity index (χ0n) is 12.2. The molecule has 1 amide bonds. The summed E-state index contributed by atoms with van der Waals surface area (Å²) in [6.07, 6.45) is 3.41. The SMILES string of the molecule is CSc1nc(-c2ccnc(C(N)=O)c2)c(-c2ccc(F)cc2)[nH]1. The van der Waals surface area contributed by atoms with E-state index in [1.807, 2.05) is 6.26 Å². The largest absolute Gasteiger partial charge is 0.364 e. The molecular weight excluding hydrogens is 315 g/mol. The lowest BCUT2D eigenvalue weighted by molar-refractivity contribution is 0.0995. The number of rotatable bonds is 4. The maximum absolute atomic E-state index is 13.1. The first-order valence-corrected chi connectivity index (χ1v) is 7.97. The van der Waals surface area contributed by atoms with Gasteiger partial charge in [-0.1, -0.05) is 11.8 Å². The molecule has 0 saturated carbocycles. The predicted molar refractivity (Wildman–Crippen MR) is 87.5 cm³/mol. The van der Waals surface area contributed by atoms with Crippen molar-refractivity contribution in [3.63, 3.8) is 0 Å². The summed E-state index contributed by atoms with van der Waals surface area (Å²) in [5.74, 6) is -0.907. The molecule has 7 heteroatoms. The second-order valence-corrected chi connectivity index (χ2v) is 5.57. The van der Waals surface area contributed by atoms with Crippen LogP contribution in [0.25, 0.3) is 22.5 Å². The number of thioether (sulfide) groups is 1. The van der Waals surface area contributed by atoms with Crippen molar-refractivity contribution in [3.8, 4) is 22.5 Å². The number of H-pyrrole nitrogens is 1.